The number of anilines is 1. The molecule has 0 bridgehead atoms. The second-order valence-electron chi connectivity index (χ2n) is 5.36. The van der Waals surface area contributed by atoms with Crippen LogP contribution in [-0.4, -0.2) is 11.9 Å². The van der Waals surface area contributed by atoms with Gasteiger partial charge >= 0.3 is 0 Å². The summed E-state index contributed by atoms with van der Waals surface area (Å²) in [6.45, 7) is 0. The number of nitrogens with zero attached hydrogens (tertiary/aromatic N) is 1. The van der Waals surface area contributed by atoms with E-state index in [-0.39, 0.29) is 18.0 Å². The quantitative estimate of drug-likeness (QED) is 0.810. The van der Waals surface area contributed by atoms with Gasteiger partial charge in [0.25, 0.3) is 0 Å². The molecule has 2 aromatic rings. The van der Waals surface area contributed by atoms with Crippen molar-refractivity contribution < 1.29 is 4.79 Å². The number of nitrogens with one attached hydrogen (secondary N) is 3. The number of hydrogen-bond donors (Lipinski definition) is 3. The molecule has 0 aromatic heterocycles. The highest BCUT2D eigenvalue weighted by Crippen LogP contribution is 2.25. The number of halogens is 1. The van der Waals surface area contributed by atoms with Crippen LogP contribution in [0.4, 0.5) is 5.69 Å². The van der Waals surface area contributed by atoms with E-state index < -0.39 is 0 Å². The van der Waals surface area contributed by atoms with E-state index in [4.69, 9.17) is 16.9 Å². The lowest BCUT2D eigenvalue weighted by molar-refractivity contribution is -0.117. The summed E-state index contributed by atoms with van der Waals surface area (Å²) in [4.78, 5) is 12.3. The summed E-state index contributed by atoms with van der Waals surface area (Å²) in [5.41, 5.74) is 8.40. The number of carbonyl (C=O) groups excluding carboxylic acids is 1. The number of benzene rings is 2. The molecule has 0 radical (unpaired) electrons. The first-order valence-corrected chi connectivity index (χ1v) is 7.61. The Morgan fingerprint density at radius 3 is 2.70 bits per heavy atom. The van der Waals surface area contributed by atoms with E-state index in [0.717, 1.165) is 5.56 Å². The molecule has 1 aliphatic rings. The van der Waals surface area contributed by atoms with Crippen LogP contribution in [0.1, 0.15) is 23.6 Å². The number of hydrogen-bond acceptors (Lipinski definition) is 4. The zero-order chi connectivity index (χ0) is 16.2. The number of carbonyl (C=O) groups is 1. The van der Waals surface area contributed by atoms with Crippen LogP contribution < -0.4 is 16.2 Å². The van der Waals surface area contributed by atoms with Gasteiger partial charge in [-0.1, -0.05) is 23.7 Å². The van der Waals surface area contributed by atoms with Crippen LogP contribution in [-0.2, 0) is 4.79 Å². The fraction of sp³-hybridized carbons (Fsp3) is 0.176. The Bertz CT molecular complexity index is 754. The van der Waals surface area contributed by atoms with Crippen molar-refractivity contribution in [1.29, 1.82) is 5.26 Å². The lowest BCUT2D eigenvalue weighted by Gasteiger charge is -2.11. The fourth-order valence-corrected chi connectivity index (χ4v) is 2.73. The van der Waals surface area contributed by atoms with Gasteiger partial charge < -0.3 is 5.32 Å². The van der Waals surface area contributed by atoms with Crippen LogP contribution in [0, 0.1) is 11.3 Å². The van der Waals surface area contributed by atoms with E-state index in [2.05, 4.69) is 16.2 Å². The Labute approximate surface area is 139 Å². The van der Waals surface area contributed by atoms with Crippen molar-refractivity contribution >= 4 is 23.2 Å². The molecule has 6 heteroatoms. The van der Waals surface area contributed by atoms with Gasteiger partial charge in [0.05, 0.1) is 11.6 Å². The molecule has 3 N–H and O–H groups in total. The predicted octanol–water partition coefficient (Wildman–Crippen LogP) is 2.76. The maximum atomic E-state index is 12.3. The first kappa shape index (κ1) is 15.5. The van der Waals surface area contributed by atoms with Crippen LogP contribution >= 0.6 is 11.6 Å². The Balaban J connectivity index is 1.62. The van der Waals surface area contributed by atoms with E-state index in [1.807, 2.05) is 30.3 Å². The van der Waals surface area contributed by atoms with Crippen molar-refractivity contribution in [2.24, 2.45) is 0 Å². The second-order valence-corrected chi connectivity index (χ2v) is 5.80. The largest absolute Gasteiger partial charge is 0.325 e. The molecule has 1 aliphatic heterocycles. The lowest BCUT2D eigenvalue weighted by Crippen LogP contribution is -2.39. The van der Waals surface area contributed by atoms with Gasteiger partial charge in [-0.15, -0.1) is 0 Å². The van der Waals surface area contributed by atoms with E-state index in [0.29, 0.717) is 22.7 Å². The van der Waals surface area contributed by atoms with E-state index in [1.54, 1.807) is 24.3 Å². The standard InChI is InChI=1S/C17H15ClN4O/c18-13-3-1-2-12(8-13)15-9-16(22-21-15)17(23)20-14-6-4-11(10-19)5-7-14/h1-8,15-16,21-22H,9H2,(H,20,23). The highest BCUT2D eigenvalue weighted by atomic mass is 35.5. The first-order valence-electron chi connectivity index (χ1n) is 7.23. The van der Waals surface area contributed by atoms with Crippen molar-refractivity contribution in [3.63, 3.8) is 0 Å². The second kappa shape index (κ2) is 6.80. The smallest absolute Gasteiger partial charge is 0.242 e. The predicted molar refractivity (Wildman–Crippen MR) is 88.7 cm³/mol. The third-order valence-electron chi connectivity index (χ3n) is 3.75. The van der Waals surface area contributed by atoms with Gasteiger partial charge in [-0.05, 0) is 48.4 Å². The minimum Gasteiger partial charge on any atom is -0.325 e. The summed E-state index contributed by atoms with van der Waals surface area (Å²) in [6.07, 6.45) is 0.627. The first-order chi connectivity index (χ1) is 11.2. The SMILES string of the molecule is N#Cc1ccc(NC(=O)C2CC(c3cccc(Cl)c3)NN2)cc1. The molecule has 0 saturated carbocycles. The summed E-state index contributed by atoms with van der Waals surface area (Å²) in [7, 11) is 0. The summed E-state index contributed by atoms with van der Waals surface area (Å²) in [5.74, 6) is -0.119. The summed E-state index contributed by atoms with van der Waals surface area (Å²) < 4.78 is 0. The maximum absolute atomic E-state index is 12.3. The molecular weight excluding hydrogens is 312 g/mol. The van der Waals surface area contributed by atoms with E-state index in [9.17, 15) is 4.79 Å². The van der Waals surface area contributed by atoms with E-state index in [1.165, 1.54) is 0 Å². The number of hydrazine groups is 1. The third-order valence-corrected chi connectivity index (χ3v) is 3.99. The molecule has 3 rings (SSSR count). The van der Waals surface area contributed by atoms with Crippen LogP contribution in [0.15, 0.2) is 48.5 Å². The van der Waals surface area contributed by atoms with Crippen molar-refractivity contribution in [1.82, 2.24) is 10.9 Å². The van der Waals surface area contributed by atoms with Gasteiger partial charge in [0, 0.05) is 16.8 Å². The highest BCUT2D eigenvalue weighted by Gasteiger charge is 2.30. The number of rotatable bonds is 3. The minimum absolute atomic E-state index is 0.0328. The van der Waals surface area contributed by atoms with Crippen LogP contribution in [0.5, 0.6) is 0 Å². The zero-order valence-electron chi connectivity index (χ0n) is 12.2. The average Bonchev–Trinajstić information content (AvgIpc) is 3.06. The number of amides is 1. The van der Waals surface area contributed by atoms with Crippen molar-refractivity contribution in [2.45, 2.75) is 18.5 Å². The summed E-state index contributed by atoms with van der Waals surface area (Å²) in [5, 5.41) is 12.3. The molecule has 116 valence electrons. The maximum Gasteiger partial charge on any atom is 0.242 e. The minimum atomic E-state index is -0.338. The van der Waals surface area contributed by atoms with Gasteiger partial charge in [0.1, 0.15) is 6.04 Å². The van der Waals surface area contributed by atoms with Gasteiger partial charge in [0.15, 0.2) is 0 Å². The van der Waals surface area contributed by atoms with E-state index >= 15 is 0 Å². The lowest BCUT2D eigenvalue weighted by atomic mass is 10.0. The molecule has 2 aromatic carbocycles. The average molecular weight is 327 g/mol. The molecule has 2 atom stereocenters. The molecule has 23 heavy (non-hydrogen) atoms. The molecule has 5 nitrogen and oxygen atoms in total. The van der Waals surface area contributed by atoms with Gasteiger partial charge in [0.2, 0.25) is 5.91 Å². The van der Waals surface area contributed by atoms with Crippen molar-refractivity contribution in [3.05, 3.63) is 64.7 Å². The van der Waals surface area contributed by atoms with Crippen LogP contribution in [0.25, 0.3) is 0 Å². The summed E-state index contributed by atoms with van der Waals surface area (Å²) in [6, 6.07) is 16.1. The Morgan fingerprint density at radius 2 is 2.00 bits per heavy atom. The normalized spacial score (nSPS) is 20.0. The van der Waals surface area contributed by atoms with Crippen LogP contribution in [0.2, 0.25) is 5.02 Å². The Hall–Kier alpha value is -2.39. The molecular formula is C17H15ClN4O. The van der Waals surface area contributed by atoms with Crippen molar-refractivity contribution in [2.75, 3.05) is 5.32 Å². The monoisotopic (exact) mass is 326 g/mol. The fourth-order valence-electron chi connectivity index (χ4n) is 2.53. The third kappa shape index (κ3) is 3.69. The molecule has 0 spiro atoms. The molecule has 1 saturated heterocycles. The van der Waals surface area contributed by atoms with Gasteiger partial charge in [-0.3, -0.25) is 4.79 Å². The molecule has 0 aliphatic carbocycles. The van der Waals surface area contributed by atoms with Crippen LogP contribution in [0.3, 0.4) is 0 Å². The molecule has 1 heterocycles. The highest BCUT2D eigenvalue weighted by molar-refractivity contribution is 6.30. The Morgan fingerprint density at radius 1 is 1.22 bits per heavy atom. The molecule has 2 unspecified atom stereocenters. The topological polar surface area (TPSA) is 77.0 Å². The van der Waals surface area contributed by atoms with Crippen molar-refractivity contribution in [3.8, 4) is 6.07 Å². The number of nitriles is 1. The molecule has 1 fully saturated rings. The van der Waals surface area contributed by atoms with Gasteiger partial charge in [-0.25, -0.2) is 10.9 Å². The summed E-state index contributed by atoms with van der Waals surface area (Å²) >= 11 is 6.00. The van der Waals surface area contributed by atoms with Gasteiger partial charge in [-0.2, -0.15) is 5.26 Å². The Kier molecular flexibility index (Phi) is 4.58. The molecule has 1 amide bonds. The zero-order valence-corrected chi connectivity index (χ0v) is 13.0.